The molecule has 3 nitrogen and oxygen atoms in total. The molecule has 2 saturated heterocycles. The highest BCUT2D eigenvalue weighted by molar-refractivity contribution is 4.88. The highest BCUT2D eigenvalue weighted by Gasteiger charge is 2.30. The third-order valence-electron chi connectivity index (χ3n) is 4.51. The van der Waals surface area contributed by atoms with E-state index < -0.39 is 0 Å². The molecule has 0 spiro atoms. The fourth-order valence-electron chi connectivity index (χ4n) is 3.56. The standard InChI is InChI=1S/C16H32N2O/c1-4-5-16-9-17-15(8-13(2)3)11-18(16)10-14-6-7-19-12-14/h13-17H,4-12H2,1-3H3. The van der Waals surface area contributed by atoms with Crippen molar-refractivity contribution in [3.63, 3.8) is 0 Å². The van der Waals surface area contributed by atoms with Crippen molar-refractivity contribution in [1.82, 2.24) is 10.2 Å². The van der Waals surface area contributed by atoms with Crippen LogP contribution in [-0.2, 0) is 4.74 Å². The molecule has 0 aromatic heterocycles. The van der Waals surface area contributed by atoms with Gasteiger partial charge < -0.3 is 10.1 Å². The molecule has 3 atom stereocenters. The van der Waals surface area contributed by atoms with Gasteiger partial charge in [0, 0.05) is 38.3 Å². The molecule has 1 N–H and O–H groups in total. The molecule has 0 bridgehead atoms. The number of nitrogens with one attached hydrogen (secondary N) is 1. The van der Waals surface area contributed by atoms with E-state index in [4.69, 9.17) is 4.74 Å². The molecule has 0 aromatic carbocycles. The highest BCUT2D eigenvalue weighted by Crippen LogP contribution is 2.21. The van der Waals surface area contributed by atoms with Crippen molar-refractivity contribution in [1.29, 1.82) is 0 Å². The molecule has 2 aliphatic rings. The maximum Gasteiger partial charge on any atom is 0.0507 e. The molecule has 0 aromatic rings. The van der Waals surface area contributed by atoms with Gasteiger partial charge in [-0.1, -0.05) is 27.2 Å². The minimum Gasteiger partial charge on any atom is -0.381 e. The van der Waals surface area contributed by atoms with Crippen molar-refractivity contribution in [2.24, 2.45) is 11.8 Å². The summed E-state index contributed by atoms with van der Waals surface area (Å²) in [5.41, 5.74) is 0. The second-order valence-corrected chi connectivity index (χ2v) is 6.86. The summed E-state index contributed by atoms with van der Waals surface area (Å²) in [7, 11) is 0. The average molecular weight is 268 g/mol. The van der Waals surface area contributed by atoms with Crippen LogP contribution in [-0.4, -0.2) is 49.8 Å². The molecular formula is C16H32N2O. The highest BCUT2D eigenvalue weighted by atomic mass is 16.5. The minimum atomic E-state index is 0.690. The largest absolute Gasteiger partial charge is 0.381 e. The molecule has 0 radical (unpaired) electrons. The molecule has 19 heavy (non-hydrogen) atoms. The predicted octanol–water partition coefficient (Wildman–Crippen LogP) is 2.51. The molecule has 3 unspecified atom stereocenters. The molecule has 2 aliphatic heterocycles. The van der Waals surface area contributed by atoms with Crippen LogP contribution >= 0.6 is 0 Å². The molecular weight excluding hydrogens is 236 g/mol. The van der Waals surface area contributed by atoms with Crippen LogP contribution in [0.3, 0.4) is 0 Å². The first-order chi connectivity index (χ1) is 9.19. The smallest absolute Gasteiger partial charge is 0.0507 e. The van der Waals surface area contributed by atoms with E-state index in [0.29, 0.717) is 6.04 Å². The Bertz CT molecular complexity index is 251. The Labute approximate surface area is 119 Å². The third kappa shape index (κ3) is 4.73. The second kappa shape index (κ2) is 7.61. The normalized spacial score (nSPS) is 33.2. The van der Waals surface area contributed by atoms with Gasteiger partial charge in [-0.25, -0.2) is 0 Å². The van der Waals surface area contributed by atoms with Crippen molar-refractivity contribution in [3.8, 4) is 0 Å². The topological polar surface area (TPSA) is 24.5 Å². The lowest BCUT2D eigenvalue weighted by molar-refractivity contribution is 0.0908. The van der Waals surface area contributed by atoms with Gasteiger partial charge in [0.25, 0.3) is 0 Å². The summed E-state index contributed by atoms with van der Waals surface area (Å²) in [6.45, 7) is 12.6. The van der Waals surface area contributed by atoms with E-state index in [0.717, 1.165) is 31.1 Å². The van der Waals surface area contributed by atoms with Crippen LogP contribution < -0.4 is 5.32 Å². The zero-order valence-corrected chi connectivity index (χ0v) is 13.0. The molecule has 112 valence electrons. The lowest BCUT2D eigenvalue weighted by Crippen LogP contribution is -2.57. The molecule has 2 rings (SSSR count). The molecule has 2 heterocycles. The van der Waals surface area contributed by atoms with E-state index in [1.54, 1.807) is 0 Å². The van der Waals surface area contributed by atoms with Crippen LogP contribution in [0, 0.1) is 11.8 Å². The zero-order chi connectivity index (χ0) is 13.7. The van der Waals surface area contributed by atoms with Gasteiger partial charge in [0.15, 0.2) is 0 Å². The number of nitrogens with zero attached hydrogens (tertiary/aromatic N) is 1. The molecule has 3 heteroatoms. The van der Waals surface area contributed by atoms with Gasteiger partial charge in [-0.2, -0.15) is 0 Å². The summed E-state index contributed by atoms with van der Waals surface area (Å²) < 4.78 is 5.54. The number of hydrogen-bond donors (Lipinski definition) is 1. The van der Waals surface area contributed by atoms with E-state index in [9.17, 15) is 0 Å². The first kappa shape index (κ1) is 15.3. The van der Waals surface area contributed by atoms with Crippen molar-refractivity contribution < 1.29 is 4.74 Å². The van der Waals surface area contributed by atoms with E-state index in [2.05, 4.69) is 31.0 Å². The zero-order valence-electron chi connectivity index (χ0n) is 13.0. The Kier molecular flexibility index (Phi) is 6.11. The Hall–Kier alpha value is -0.120. The van der Waals surface area contributed by atoms with Crippen LogP contribution in [0.25, 0.3) is 0 Å². The molecule has 0 aliphatic carbocycles. The number of rotatable bonds is 6. The van der Waals surface area contributed by atoms with Crippen molar-refractivity contribution in [2.45, 2.75) is 58.5 Å². The van der Waals surface area contributed by atoms with Gasteiger partial charge in [-0.3, -0.25) is 4.90 Å². The maximum atomic E-state index is 5.54. The maximum absolute atomic E-state index is 5.54. The monoisotopic (exact) mass is 268 g/mol. The Morgan fingerprint density at radius 1 is 1.37 bits per heavy atom. The summed E-state index contributed by atoms with van der Waals surface area (Å²) in [5.74, 6) is 1.56. The first-order valence-corrected chi connectivity index (χ1v) is 8.24. The van der Waals surface area contributed by atoms with E-state index in [1.165, 1.54) is 45.3 Å². The van der Waals surface area contributed by atoms with Gasteiger partial charge in [0.1, 0.15) is 0 Å². The van der Waals surface area contributed by atoms with Crippen LogP contribution in [0.5, 0.6) is 0 Å². The fourth-order valence-corrected chi connectivity index (χ4v) is 3.56. The number of ether oxygens (including phenoxy) is 1. The van der Waals surface area contributed by atoms with Crippen LogP contribution in [0.4, 0.5) is 0 Å². The third-order valence-corrected chi connectivity index (χ3v) is 4.51. The predicted molar refractivity (Wildman–Crippen MR) is 80.4 cm³/mol. The summed E-state index contributed by atoms with van der Waals surface area (Å²) in [6, 6.07) is 1.43. The van der Waals surface area contributed by atoms with Crippen molar-refractivity contribution in [2.75, 3.05) is 32.8 Å². The lowest BCUT2D eigenvalue weighted by Gasteiger charge is -2.42. The fraction of sp³-hybridized carbons (Fsp3) is 1.00. The van der Waals surface area contributed by atoms with Gasteiger partial charge in [-0.15, -0.1) is 0 Å². The van der Waals surface area contributed by atoms with Crippen molar-refractivity contribution in [3.05, 3.63) is 0 Å². The van der Waals surface area contributed by atoms with Gasteiger partial charge in [0.05, 0.1) is 6.61 Å². The average Bonchev–Trinajstić information content (AvgIpc) is 2.85. The van der Waals surface area contributed by atoms with Crippen LogP contribution in [0.15, 0.2) is 0 Å². The Balaban J connectivity index is 1.87. The van der Waals surface area contributed by atoms with Gasteiger partial charge in [-0.05, 0) is 31.1 Å². The van der Waals surface area contributed by atoms with Gasteiger partial charge in [0.2, 0.25) is 0 Å². The van der Waals surface area contributed by atoms with Gasteiger partial charge >= 0.3 is 0 Å². The molecule has 0 saturated carbocycles. The summed E-state index contributed by atoms with van der Waals surface area (Å²) in [4.78, 5) is 2.76. The second-order valence-electron chi connectivity index (χ2n) is 6.86. The Morgan fingerprint density at radius 2 is 2.21 bits per heavy atom. The van der Waals surface area contributed by atoms with E-state index >= 15 is 0 Å². The first-order valence-electron chi connectivity index (χ1n) is 8.24. The summed E-state index contributed by atoms with van der Waals surface area (Å²) >= 11 is 0. The number of piperazine rings is 1. The molecule has 0 amide bonds. The Morgan fingerprint density at radius 3 is 2.84 bits per heavy atom. The van der Waals surface area contributed by atoms with E-state index in [-0.39, 0.29) is 0 Å². The summed E-state index contributed by atoms with van der Waals surface area (Å²) in [5, 5.41) is 3.77. The quantitative estimate of drug-likeness (QED) is 0.801. The van der Waals surface area contributed by atoms with E-state index in [1.807, 2.05) is 0 Å². The lowest BCUT2D eigenvalue weighted by atomic mass is 9.96. The number of hydrogen-bond acceptors (Lipinski definition) is 3. The van der Waals surface area contributed by atoms with Crippen molar-refractivity contribution >= 4 is 0 Å². The minimum absolute atomic E-state index is 0.690. The molecule has 2 fully saturated rings. The SMILES string of the molecule is CCCC1CNC(CC(C)C)CN1CC1CCOC1. The van der Waals surface area contributed by atoms with Crippen LogP contribution in [0.2, 0.25) is 0 Å². The van der Waals surface area contributed by atoms with Crippen LogP contribution in [0.1, 0.15) is 46.5 Å². The summed E-state index contributed by atoms with van der Waals surface area (Å²) in [6.07, 6.45) is 5.18.